The number of hydrogen-bond acceptors (Lipinski definition) is 5. The van der Waals surface area contributed by atoms with Crippen molar-refractivity contribution in [1.29, 1.82) is 0 Å². The van der Waals surface area contributed by atoms with Gasteiger partial charge in [-0.25, -0.2) is 8.42 Å². The number of nitrogens with one attached hydrogen (secondary N) is 3. The molecule has 2 heterocycles. The molecule has 0 saturated carbocycles. The van der Waals surface area contributed by atoms with Gasteiger partial charge in [0.1, 0.15) is 12.1 Å². The van der Waals surface area contributed by atoms with Crippen molar-refractivity contribution in [3.05, 3.63) is 66.4 Å². The number of primary amides is 1. The molecule has 0 spiro atoms. The minimum absolute atomic E-state index is 0.116. The molecule has 2 amide bonds. The fraction of sp³-hybridized carbons (Fsp3) is 0.273. The summed E-state index contributed by atoms with van der Waals surface area (Å²) < 4.78 is 27.5. The van der Waals surface area contributed by atoms with E-state index in [2.05, 4.69) is 15.6 Å². The number of aromatic amines is 1. The van der Waals surface area contributed by atoms with Gasteiger partial charge in [0.05, 0.1) is 4.90 Å². The van der Waals surface area contributed by atoms with Gasteiger partial charge < -0.3 is 21.4 Å². The van der Waals surface area contributed by atoms with E-state index in [1.165, 1.54) is 16.4 Å². The third kappa shape index (κ3) is 4.38. The summed E-state index contributed by atoms with van der Waals surface area (Å²) in [4.78, 5) is 28.5. The molecule has 2 aromatic carbocycles. The van der Waals surface area contributed by atoms with Crippen molar-refractivity contribution < 1.29 is 18.0 Å². The lowest BCUT2D eigenvalue weighted by molar-refractivity contribution is -0.130. The standard InChI is InChI=1S/C22H25N5O4S/c23-21(28)19(12-15-13-25-18-9-5-4-8-17(15)18)26-22(29)20-14-24-10-11-27(20)32(30,31)16-6-2-1-3-7-16/h1-9,13,19-20,24-25H,10-12,14H2,(H2,23,28)(H,26,29)/t19-,20-/m1/s1. The second kappa shape index (κ2) is 9.11. The number of aromatic nitrogens is 1. The summed E-state index contributed by atoms with van der Waals surface area (Å²) in [6.07, 6.45) is 1.97. The highest BCUT2D eigenvalue weighted by Gasteiger charge is 2.38. The van der Waals surface area contributed by atoms with Crippen LogP contribution in [0.2, 0.25) is 0 Å². The van der Waals surface area contributed by atoms with Gasteiger partial charge >= 0.3 is 0 Å². The van der Waals surface area contributed by atoms with Crippen LogP contribution in [-0.4, -0.2) is 61.2 Å². The number of amides is 2. The molecule has 0 unspecified atom stereocenters. The molecule has 0 aliphatic carbocycles. The van der Waals surface area contributed by atoms with Crippen LogP contribution >= 0.6 is 0 Å². The normalized spacial score (nSPS) is 18.3. The first kappa shape index (κ1) is 22.0. The number of rotatable bonds is 7. The fourth-order valence-electron chi connectivity index (χ4n) is 3.94. The molecule has 5 N–H and O–H groups in total. The van der Waals surface area contributed by atoms with Gasteiger partial charge in [0.25, 0.3) is 0 Å². The first-order valence-electron chi connectivity index (χ1n) is 10.3. The summed E-state index contributed by atoms with van der Waals surface area (Å²) >= 11 is 0. The van der Waals surface area contributed by atoms with Crippen LogP contribution in [0.15, 0.2) is 65.7 Å². The Morgan fingerprint density at radius 2 is 1.84 bits per heavy atom. The second-order valence-electron chi connectivity index (χ2n) is 7.68. The zero-order valence-electron chi connectivity index (χ0n) is 17.3. The van der Waals surface area contributed by atoms with E-state index in [4.69, 9.17) is 5.73 Å². The molecule has 168 valence electrons. The topological polar surface area (TPSA) is 137 Å². The van der Waals surface area contributed by atoms with Gasteiger partial charge in [-0.2, -0.15) is 4.31 Å². The predicted molar refractivity (Wildman–Crippen MR) is 120 cm³/mol. The zero-order valence-corrected chi connectivity index (χ0v) is 18.1. The van der Waals surface area contributed by atoms with Crippen LogP contribution in [0.4, 0.5) is 0 Å². The van der Waals surface area contributed by atoms with Gasteiger partial charge in [0.15, 0.2) is 0 Å². The predicted octanol–water partition coefficient (Wildman–Crippen LogP) is 0.343. The molecular weight excluding hydrogens is 430 g/mol. The number of H-pyrrole nitrogens is 1. The summed E-state index contributed by atoms with van der Waals surface area (Å²) in [7, 11) is -3.88. The average Bonchev–Trinajstić information content (AvgIpc) is 3.22. The molecule has 3 aromatic rings. The molecule has 1 aliphatic rings. The quantitative estimate of drug-likeness (QED) is 0.407. The van der Waals surface area contributed by atoms with Gasteiger partial charge in [0.2, 0.25) is 21.8 Å². The SMILES string of the molecule is NC(=O)[C@@H](Cc1c[nH]c2ccccc12)NC(=O)[C@H]1CNCCN1S(=O)(=O)c1ccccc1. The van der Waals surface area contributed by atoms with Gasteiger partial charge in [-0.15, -0.1) is 0 Å². The van der Waals surface area contributed by atoms with Crippen molar-refractivity contribution in [1.82, 2.24) is 19.9 Å². The van der Waals surface area contributed by atoms with E-state index in [0.717, 1.165) is 16.5 Å². The Labute approximate surface area is 186 Å². The molecule has 0 bridgehead atoms. The monoisotopic (exact) mass is 455 g/mol. The van der Waals surface area contributed by atoms with E-state index < -0.39 is 33.9 Å². The highest BCUT2D eigenvalue weighted by Crippen LogP contribution is 2.21. The summed E-state index contributed by atoms with van der Waals surface area (Å²) in [5.74, 6) is -1.26. The fourth-order valence-corrected chi connectivity index (χ4v) is 5.54. The number of carbonyl (C=O) groups is 2. The van der Waals surface area contributed by atoms with Crippen molar-refractivity contribution in [2.75, 3.05) is 19.6 Å². The van der Waals surface area contributed by atoms with Crippen LogP contribution in [0.25, 0.3) is 10.9 Å². The van der Waals surface area contributed by atoms with Crippen molar-refractivity contribution in [2.45, 2.75) is 23.4 Å². The smallest absolute Gasteiger partial charge is 0.243 e. The Hall–Kier alpha value is -3.21. The Balaban J connectivity index is 1.55. The highest BCUT2D eigenvalue weighted by atomic mass is 32.2. The van der Waals surface area contributed by atoms with Crippen LogP contribution in [-0.2, 0) is 26.0 Å². The first-order valence-corrected chi connectivity index (χ1v) is 11.7. The third-order valence-electron chi connectivity index (χ3n) is 5.61. The molecule has 10 heteroatoms. The molecule has 4 rings (SSSR count). The number of fused-ring (bicyclic) bond motifs is 1. The summed E-state index contributed by atoms with van der Waals surface area (Å²) in [5, 5.41) is 6.65. The average molecular weight is 456 g/mol. The molecule has 9 nitrogen and oxygen atoms in total. The number of hydrogen-bond donors (Lipinski definition) is 4. The number of para-hydroxylation sites is 1. The van der Waals surface area contributed by atoms with E-state index in [-0.39, 0.29) is 24.4 Å². The Kier molecular flexibility index (Phi) is 6.26. The lowest BCUT2D eigenvalue weighted by Crippen LogP contribution is -2.61. The van der Waals surface area contributed by atoms with Crippen molar-refractivity contribution in [3.63, 3.8) is 0 Å². The molecule has 0 radical (unpaired) electrons. The molecule has 1 saturated heterocycles. The molecule has 1 aliphatic heterocycles. The van der Waals surface area contributed by atoms with Crippen LogP contribution < -0.4 is 16.4 Å². The van der Waals surface area contributed by atoms with Gasteiger partial charge in [-0.1, -0.05) is 36.4 Å². The molecule has 32 heavy (non-hydrogen) atoms. The summed E-state index contributed by atoms with van der Waals surface area (Å²) in [6.45, 7) is 0.694. The van der Waals surface area contributed by atoms with E-state index >= 15 is 0 Å². The van der Waals surface area contributed by atoms with Crippen LogP contribution in [0.5, 0.6) is 0 Å². The summed E-state index contributed by atoms with van der Waals surface area (Å²) in [6, 6.07) is 13.6. The molecular formula is C22H25N5O4S. The largest absolute Gasteiger partial charge is 0.368 e. The number of sulfonamides is 1. The number of nitrogens with zero attached hydrogens (tertiary/aromatic N) is 1. The summed E-state index contributed by atoms with van der Waals surface area (Å²) in [5.41, 5.74) is 7.32. The molecule has 1 aromatic heterocycles. The first-order chi connectivity index (χ1) is 15.4. The maximum Gasteiger partial charge on any atom is 0.243 e. The lowest BCUT2D eigenvalue weighted by atomic mass is 10.0. The highest BCUT2D eigenvalue weighted by molar-refractivity contribution is 7.89. The van der Waals surface area contributed by atoms with Crippen LogP contribution in [0.3, 0.4) is 0 Å². The number of carbonyl (C=O) groups excluding carboxylic acids is 2. The van der Waals surface area contributed by atoms with Crippen molar-refractivity contribution >= 4 is 32.7 Å². The van der Waals surface area contributed by atoms with Crippen LogP contribution in [0, 0.1) is 0 Å². The lowest BCUT2D eigenvalue weighted by Gasteiger charge is -2.34. The molecule has 1 fully saturated rings. The van der Waals surface area contributed by atoms with Gasteiger partial charge in [-0.05, 0) is 23.8 Å². The number of nitrogens with two attached hydrogens (primary N) is 1. The Bertz CT molecular complexity index is 1230. The van der Waals surface area contributed by atoms with Crippen LogP contribution in [0.1, 0.15) is 5.56 Å². The zero-order chi connectivity index (χ0) is 22.7. The molecule has 2 atom stereocenters. The van der Waals surface area contributed by atoms with Crippen molar-refractivity contribution in [3.8, 4) is 0 Å². The van der Waals surface area contributed by atoms with E-state index in [0.29, 0.717) is 6.54 Å². The van der Waals surface area contributed by atoms with E-state index in [1.807, 2.05) is 24.3 Å². The number of benzene rings is 2. The maximum absolute atomic E-state index is 13.1. The number of piperazine rings is 1. The maximum atomic E-state index is 13.1. The minimum Gasteiger partial charge on any atom is -0.368 e. The van der Waals surface area contributed by atoms with E-state index in [1.54, 1.807) is 24.4 Å². The van der Waals surface area contributed by atoms with Crippen molar-refractivity contribution in [2.24, 2.45) is 5.73 Å². The Morgan fingerprint density at radius 1 is 1.12 bits per heavy atom. The second-order valence-corrected chi connectivity index (χ2v) is 9.57. The minimum atomic E-state index is -3.88. The van der Waals surface area contributed by atoms with Gasteiger partial charge in [0, 0.05) is 43.2 Å². The van der Waals surface area contributed by atoms with E-state index in [9.17, 15) is 18.0 Å². The Morgan fingerprint density at radius 3 is 2.59 bits per heavy atom. The van der Waals surface area contributed by atoms with Gasteiger partial charge in [-0.3, -0.25) is 9.59 Å². The third-order valence-corrected chi connectivity index (χ3v) is 7.53.